The zero-order valence-corrected chi connectivity index (χ0v) is 9.74. The van der Waals surface area contributed by atoms with Crippen LogP contribution >= 0.6 is 15.9 Å². The first kappa shape index (κ1) is 14.3. The standard InChI is InChI=1S/C8H10BrF3O3/c1-3-14-6(8(9,11)12)5(10)7(13)15-4-2/h3-4H2,1-2H3/b6-5-. The van der Waals surface area contributed by atoms with Crippen LogP contribution in [0.1, 0.15) is 13.8 Å². The molecule has 0 aromatic carbocycles. The van der Waals surface area contributed by atoms with Crippen LogP contribution in [0, 0.1) is 0 Å². The van der Waals surface area contributed by atoms with E-state index >= 15 is 0 Å². The van der Waals surface area contributed by atoms with E-state index in [9.17, 15) is 18.0 Å². The lowest BCUT2D eigenvalue weighted by atomic mass is 10.4. The van der Waals surface area contributed by atoms with Crippen LogP contribution in [0.5, 0.6) is 0 Å². The summed E-state index contributed by atoms with van der Waals surface area (Å²) < 4.78 is 47.1. The molecule has 0 aliphatic rings. The van der Waals surface area contributed by atoms with Crippen LogP contribution < -0.4 is 0 Å². The molecule has 3 nitrogen and oxygen atoms in total. The number of halogens is 4. The van der Waals surface area contributed by atoms with E-state index in [1.54, 1.807) is 0 Å². The van der Waals surface area contributed by atoms with Crippen molar-refractivity contribution in [2.24, 2.45) is 0 Å². The molecule has 0 fully saturated rings. The van der Waals surface area contributed by atoms with Gasteiger partial charge in [0.25, 0.3) is 5.83 Å². The molecule has 0 unspecified atom stereocenters. The zero-order valence-electron chi connectivity index (χ0n) is 8.15. The number of hydrogen-bond acceptors (Lipinski definition) is 3. The molecule has 0 rings (SSSR count). The van der Waals surface area contributed by atoms with Crippen LogP contribution in [0.25, 0.3) is 0 Å². The summed E-state index contributed by atoms with van der Waals surface area (Å²) in [6, 6.07) is 0. The van der Waals surface area contributed by atoms with Crippen molar-refractivity contribution in [2.75, 3.05) is 13.2 Å². The number of hydrogen-bond donors (Lipinski definition) is 0. The van der Waals surface area contributed by atoms with Crippen molar-refractivity contribution in [3.05, 3.63) is 11.6 Å². The third-order valence-corrected chi connectivity index (χ3v) is 1.56. The van der Waals surface area contributed by atoms with Gasteiger partial charge in [0.05, 0.1) is 13.2 Å². The topological polar surface area (TPSA) is 35.5 Å². The minimum absolute atomic E-state index is 0.112. The van der Waals surface area contributed by atoms with Gasteiger partial charge >= 0.3 is 10.8 Å². The molecule has 0 spiro atoms. The van der Waals surface area contributed by atoms with E-state index in [1.165, 1.54) is 13.8 Å². The second-order valence-corrected chi connectivity index (χ2v) is 3.29. The molecule has 15 heavy (non-hydrogen) atoms. The highest BCUT2D eigenvalue weighted by Gasteiger charge is 2.38. The van der Waals surface area contributed by atoms with Gasteiger partial charge < -0.3 is 9.47 Å². The third kappa shape index (κ3) is 4.55. The van der Waals surface area contributed by atoms with Crippen molar-refractivity contribution in [1.82, 2.24) is 0 Å². The minimum atomic E-state index is -3.74. The smallest absolute Gasteiger partial charge is 0.371 e. The molecule has 0 bridgehead atoms. The molecule has 88 valence electrons. The van der Waals surface area contributed by atoms with Crippen LogP contribution in [0.2, 0.25) is 0 Å². The third-order valence-electron chi connectivity index (χ3n) is 1.20. The Morgan fingerprint density at radius 1 is 1.27 bits per heavy atom. The Bertz CT molecular complexity index is 260. The lowest BCUT2D eigenvalue weighted by Gasteiger charge is -2.14. The van der Waals surface area contributed by atoms with E-state index < -0.39 is 22.4 Å². The zero-order chi connectivity index (χ0) is 12.1. The lowest BCUT2D eigenvalue weighted by molar-refractivity contribution is -0.141. The van der Waals surface area contributed by atoms with Gasteiger partial charge in [-0.1, -0.05) is 0 Å². The first-order valence-electron chi connectivity index (χ1n) is 4.11. The molecule has 0 aliphatic carbocycles. The van der Waals surface area contributed by atoms with Crippen molar-refractivity contribution in [2.45, 2.75) is 18.7 Å². The molecule has 0 aliphatic heterocycles. The predicted molar refractivity (Wildman–Crippen MR) is 50.3 cm³/mol. The second-order valence-electron chi connectivity index (χ2n) is 2.29. The first-order chi connectivity index (χ1) is 6.84. The van der Waals surface area contributed by atoms with Crippen LogP contribution in [0.15, 0.2) is 11.6 Å². The highest BCUT2D eigenvalue weighted by atomic mass is 79.9. The number of ether oxygens (including phenoxy) is 2. The summed E-state index contributed by atoms with van der Waals surface area (Å²) in [5.41, 5.74) is 0. The number of allylic oxidation sites excluding steroid dienone is 1. The molecular formula is C8H10BrF3O3. The Hall–Kier alpha value is -0.720. The van der Waals surface area contributed by atoms with E-state index in [0.717, 1.165) is 0 Å². The second kappa shape index (κ2) is 5.99. The fraction of sp³-hybridized carbons (Fsp3) is 0.625. The Kier molecular flexibility index (Phi) is 5.71. The van der Waals surface area contributed by atoms with Gasteiger partial charge in [-0.2, -0.15) is 13.2 Å². The molecule has 0 saturated carbocycles. The fourth-order valence-electron chi connectivity index (χ4n) is 0.701. The van der Waals surface area contributed by atoms with Gasteiger partial charge in [0.2, 0.25) is 5.76 Å². The van der Waals surface area contributed by atoms with Gasteiger partial charge in [0, 0.05) is 0 Å². The Morgan fingerprint density at radius 3 is 2.07 bits per heavy atom. The van der Waals surface area contributed by atoms with E-state index in [2.05, 4.69) is 9.47 Å². The number of alkyl halides is 3. The molecular weight excluding hydrogens is 281 g/mol. The Morgan fingerprint density at radius 2 is 1.73 bits per heavy atom. The van der Waals surface area contributed by atoms with Crippen LogP contribution in [-0.4, -0.2) is 24.0 Å². The summed E-state index contributed by atoms with van der Waals surface area (Å²) in [6.45, 7) is 2.51. The van der Waals surface area contributed by atoms with Crippen LogP contribution in [-0.2, 0) is 14.3 Å². The predicted octanol–water partition coefficient (Wildman–Crippen LogP) is 2.75. The molecule has 0 saturated heterocycles. The number of rotatable bonds is 5. The molecule has 0 radical (unpaired) electrons. The maximum atomic E-state index is 13.1. The fourth-order valence-corrected chi connectivity index (χ4v) is 0.990. The summed E-state index contributed by atoms with van der Waals surface area (Å²) >= 11 is 1.90. The molecule has 7 heteroatoms. The molecule has 0 heterocycles. The van der Waals surface area contributed by atoms with Gasteiger partial charge in [-0.25, -0.2) is 4.79 Å². The van der Waals surface area contributed by atoms with Gasteiger partial charge in [-0.15, -0.1) is 0 Å². The maximum Gasteiger partial charge on any atom is 0.371 e. The summed E-state index contributed by atoms with van der Waals surface area (Å²) in [5, 5.41) is 0. The molecule has 0 aromatic heterocycles. The molecule has 0 aromatic rings. The highest BCUT2D eigenvalue weighted by Crippen LogP contribution is 2.34. The average molecular weight is 291 g/mol. The van der Waals surface area contributed by atoms with Gasteiger partial charge in [-0.3, -0.25) is 0 Å². The van der Waals surface area contributed by atoms with E-state index in [4.69, 9.17) is 0 Å². The van der Waals surface area contributed by atoms with Crippen molar-refractivity contribution >= 4 is 21.9 Å². The van der Waals surface area contributed by atoms with Gasteiger partial charge in [0.1, 0.15) is 0 Å². The quantitative estimate of drug-likeness (QED) is 0.338. The van der Waals surface area contributed by atoms with Crippen molar-refractivity contribution in [3.8, 4) is 0 Å². The summed E-state index contributed by atoms with van der Waals surface area (Å²) in [5.74, 6) is -4.58. The molecule has 0 atom stereocenters. The Labute approximate surface area is 93.4 Å². The number of esters is 1. The van der Waals surface area contributed by atoms with Crippen molar-refractivity contribution in [3.63, 3.8) is 0 Å². The minimum Gasteiger partial charge on any atom is -0.488 e. The van der Waals surface area contributed by atoms with Crippen LogP contribution in [0.4, 0.5) is 13.2 Å². The lowest BCUT2D eigenvalue weighted by Crippen LogP contribution is -2.18. The molecule has 0 N–H and O–H groups in total. The summed E-state index contributed by atoms with van der Waals surface area (Å²) in [4.78, 5) is 7.08. The van der Waals surface area contributed by atoms with Gasteiger partial charge in [-0.05, 0) is 29.8 Å². The Balaban J connectivity index is 5.00. The van der Waals surface area contributed by atoms with Crippen molar-refractivity contribution in [1.29, 1.82) is 0 Å². The normalized spacial score (nSPS) is 13.2. The van der Waals surface area contributed by atoms with Crippen molar-refractivity contribution < 1.29 is 27.4 Å². The number of carbonyl (C=O) groups is 1. The number of carbonyl (C=O) groups excluding carboxylic acids is 1. The summed E-state index contributed by atoms with van der Waals surface area (Å²) in [7, 11) is 0. The average Bonchev–Trinajstić information content (AvgIpc) is 2.11. The van der Waals surface area contributed by atoms with E-state index in [1.807, 2.05) is 15.9 Å². The molecule has 0 amide bonds. The monoisotopic (exact) mass is 290 g/mol. The highest BCUT2D eigenvalue weighted by molar-refractivity contribution is 9.10. The van der Waals surface area contributed by atoms with E-state index in [0.29, 0.717) is 0 Å². The summed E-state index contributed by atoms with van der Waals surface area (Å²) in [6.07, 6.45) is 0. The SMILES string of the molecule is CCOC(=O)/C(F)=C(/OCC)C(F)(F)Br. The first-order valence-corrected chi connectivity index (χ1v) is 4.90. The van der Waals surface area contributed by atoms with E-state index in [-0.39, 0.29) is 13.2 Å². The van der Waals surface area contributed by atoms with Crippen LogP contribution in [0.3, 0.4) is 0 Å². The van der Waals surface area contributed by atoms with Gasteiger partial charge in [0.15, 0.2) is 0 Å². The largest absolute Gasteiger partial charge is 0.488 e. The maximum absolute atomic E-state index is 13.1.